The molecule has 6 heteroatoms. The van der Waals surface area contributed by atoms with Gasteiger partial charge in [0, 0.05) is 13.1 Å². The van der Waals surface area contributed by atoms with Crippen LogP contribution in [-0.2, 0) is 16.4 Å². The minimum Gasteiger partial charge on any atom is -0.490 e. The Morgan fingerprint density at radius 3 is 2.77 bits per heavy atom. The zero-order valence-electron chi connectivity index (χ0n) is 12.1. The van der Waals surface area contributed by atoms with Gasteiger partial charge in [-0.2, -0.15) is 0 Å². The third-order valence-electron chi connectivity index (χ3n) is 3.48. The Kier molecular flexibility index (Phi) is 4.31. The average Bonchev–Trinajstić information content (AvgIpc) is 2.55. The molecule has 0 unspecified atom stereocenters. The number of fused-ring (bicyclic) bond motifs is 1. The van der Waals surface area contributed by atoms with Gasteiger partial charge in [-0.25, -0.2) is 13.1 Å². The molecule has 2 aromatic carbocycles. The quantitative estimate of drug-likeness (QED) is 0.885. The van der Waals surface area contributed by atoms with Crippen molar-refractivity contribution in [2.45, 2.75) is 11.3 Å². The maximum absolute atomic E-state index is 12.3. The Morgan fingerprint density at radius 2 is 1.95 bits per heavy atom. The molecule has 0 atom stereocenters. The number of ether oxygens (including phenoxy) is 1. The van der Waals surface area contributed by atoms with Gasteiger partial charge in [0.2, 0.25) is 10.0 Å². The first kappa shape index (κ1) is 14.9. The summed E-state index contributed by atoms with van der Waals surface area (Å²) in [5, 5.41) is 3.14. The highest BCUT2D eigenvalue weighted by atomic mass is 32.2. The lowest BCUT2D eigenvalue weighted by Gasteiger charge is -2.19. The lowest BCUT2D eigenvalue weighted by Crippen LogP contribution is -2.26. The molecule has 0 fully saturated rings. The Bertz CT molecular complexity index is 745. The highest BCUT2D eigenvalue weighted by Gasteiger charge is 2.17. The Labute approximate surface area is 130 Å². The van der Waals surface area contributed by atoms with E-state index in [4.69, 9.17) is 4.74 Å². The van der Waals surface area contributed by atoms with Crippen LogP contribution in [0.1, 0.15) is 5.56 Å². The van der Waals surface area contributed by atoms with Crippen molar-refractivity contribution in [3.8, 4) is 5.75 Å². The number of anilines is 1. The smallest absolute Gasteiger partial charge is 0.240 e. The minimum absolute atomic E-state index is 0.248. The van der Waals surface area contributed by atoms with Gasteiger partial charge in [0.15, 0.2) is 0 Å². The standard InChI is InChI=1S/C16H18N2O3S/c19-22(20,18-9-8-13-4-2-1-3-5-13)14-6-7-16-15(12-14)17-10-11-21-16/h1-7,12,17-18H,8-11H2. The van der Waals surface area contributed by atoms with Crippen LogP contribution in [0.3, 0.4) is 0 Å². The minimum atomic E-state index is -3.51. The Balaban J connectivity index is 1.67. The van der Waals surface area contributed by atoms with Gasteiger partial charge in [0.05, 0.1) is 10.6 Å². The lowest BCUT2D eigenvalue weighted by molar-refractivity contribution is 0.323. The molecule has 2 N–H and O–H groups in total. The number of sulfonamides is 1. The predicted molar refractivity (Wildman–Crippen MR) is 85.8 cm³/mol. The molecule has 22 heavy (non-hydrogen) atoms. The van der Waals surface area contributed by atoms with Gasteiger partial charge in [0.25, 0.3) is 0 Å². The molecule has 0 amide bonds. The highest BCUT2D eigenvalue weighted by molar-refractivity contribution is 7.89. The van der Waals surface area contributed by atoms with Crippen molar-refractivity contribution in [3.05, 3.63) is 54.1 Å². The van der Waals surface area contributed by atoms with Gasteiger partial charge in [0.1, 0.15) is 12.4 Å². The largest absolute Gasteiger partial charge is 0.490 e. The van der Waals surface area contributed by atoms with Crippen LogP contribution in [0.25, 0.3) is 0 Å². The molecular formula is C16H18N2O3S. The molecule has 2 aromatic rings. The van der Waals surface area contributed by atoms with E-state index < -0.39 is 10.0 Å². The number of benzene rings is 2. The van der Waals surface area contributed by atoms with Gasteiger partial charge in [-0.15, -0.1) is 0 Å². The van der Waals surface area contributed by atoms with Crippen molar-refractivity contribution in [1.82, 2.24) is 4.72 Å². The van der Waals surface area contributed by atoms with Gasteiger partial charge < -0.3 is 10.1 Å². The zero-order valence-corrected chi connectivity index (χ0v) is 12.9. The van der Waals surface area contributed by atoms with Gasteiger partial charge in [-0.3, -0.25) is 0 Å². The van der Waals surface area contributed by atoms with Gasteiger partial charge in [-0.1, -0.05) is 30.3 Å². The monoisotopic (exact) mass is 318 g/mol. The summed E-state index contributed by atoms with van der Waals surface area (Å²) < 4.78 is 32.7. The van der Waals surface area contributed by atoms with E-state index in [0.717, 1.165) is 11.3 Å². The molecule has 5 nitrogen and oxygen atoms in total. The molecule has 0 aromatic heterocycles. The molecule has 0 radical (unpaired) electrons. The fourth-order valence-electron chi connectivity index (χ4n) is 2.34. The predicted octanol–water partition coefficient (Wildman–Crippen LogP) is 2.01. The van der Waals surface area contributed by atoms with E-state index in [2.05, 4.69) is 10.0 Å². The molecule has 0 spiro atoms. The molecule has 116 valence electrons. The van der Waals surface area contributed by atoms with Crippen LogP contribution < -0.4 is 14.8 Å². The maximum Gasteiger partial charge on any atom is 0.240 e. The second-order valence-electron chi connectivity index (χ2n) is 5.07. The molecule has 0 bridgehead atoms. The zero-order chi connectivity index (χ0) is 15.4. The second-order valence-corrected chi connectivity index (χ2v) is 6.83. The summed E-state index contributed by atoms with van der Waals surface area (Å²) in [5.41, 5.74) is 1.82. The van der Waals surface area contributed by atoms with Crippen molar-refractivity contribution in [1.29, 1.82) is 0 Å². The molecular weight excluding hydrogens is 300 g/mol. The Hall–Kier alpha value is -2.05. The molecule has 0 saturated heterocycles. The van der Waals surface area contributed by atoms with Crippen LogP contribution in [0.15, 0.2) is 53.4 Å². The summed E-state index contributed by atoms with van der Waals surface area (Å²) in [6.45, 7) is 1.64. The first-order valence-electron chi connectivity index (χ1n) is 7.19. The summed E-state index contributed by atoms with van der Waals surface area (Å²) >= 11 is 0. The van der Waals surface area contributed by atoms with Crippen molar-refractivity contribution in [2.24, 2.45) is 0 Å². The maximum atomic E-state index is 12.3. The van der Waals surface area contributed by atoms with Crippen LogP contribution in [0, 0.1) is 0 Å². The molecule has 3 rings (SSSR count). The van der Waals surface area contributed by atoms with Crippen molar-refractivity contribution in [2.75, 3.05) is 25.0 Å². The highest BCUT2D eigenvalue weighted by Crippen LogP contribution is 2.29. The average molecular weight is 318 g/mol. The first-order chi connectivity index (χ1) is 10.6. The van der Waals surface area contributed by atoms with E-state index in [-0.39, 0.29) is 4.90 Å². The van der Waals surface area contributed by atoms with Crippen molar-refractivity contribution >= 4 is 15.7 Å². The fourth-order valence-corrected chi connectivity index (χ4v) is 3.40. The molecule has 1 aliphatic heterocycles. The molecule has 0 saturated carbocycles. The number of hydrogen-bond donors (Lipinski definition) is 2. The van der Waals surface area contributed by atoms with E-state index in [1.165, 1.54) is 0 Å². The van der Waals surface area contributed by atoms with E-state index in [0.29, 0.717) is 31.9 Å². The van der Waals surface area contributed by atoms with Gasteiger partial charge >= 0.3 is 0 Å². The first-order valence-corrected chi connectivity index (χ1v) is 8.68. The van der Waals surface area contributed by atoms with E-state index in [1.807, 2.05) is 30.3 Å². The molecule has 0 aliphatic carbocycles. The van der Waals surface area contributed by atoms with E-state index in [1.54, 1.807) is 18.2 Å². The van der Waals surface area contributed by atoms with Gasteiger partial charge in [-0.05, 0) is 30.2 Å². The molecule has 1 heterocycles. The summed E-state index contributed by atoms with van der Waals surface area (Å²) in [7, 11) is -3.51. The van der Waals surface area contributed by atoms with Crippen LogP contribution in [-0.4, -0.2) is 28.1 Å². The summed E-state index contributed by atoms with van der Waals surface area (Å²) in [4.78, 5) is 0.248. The van der Waals surface area contributed by atoms with Crippen LogP contribution in [0.5, 0.6) is 5.75 Å². The number of hydrogen-bond acceptors (Lipinski definition) is 4. The Morgan fingerprint density at radius 1 is 1.14 bits per heavy atom. The van der Waals surface area contributed by atoms with Crippen molar-refractivity contribution in [3.63, 3.8) is 0 Å². The number of nitrogens with one attached hydrogen (secondary N) is 2. The molecule has 1 aliphatic rings. The summed E-state index contributed by atoms with van der Waals surface area (Å²) in [6, 6.07) is 14.7. The van der Waals surface area contributed by atoms with Crippen molar-refractivity contribution < 1.29 is 13.2 Å². The SMILES string of the molecule is O=S(=O)(NCCc1ccccc1)c1ccc2c(c1)NCCO2. The third-order valence-corrected chi connectivity index (χ3v) is 4.94. The van der Waals surface area contributed by atoms with Crippen LogP contribution in [0.2, 0.25) is 0 Å². The van der Waals surface area contributed by atoms with E-state index in [9.17, 15) is 8.42 Å². The lowest BCUT2D eigenvalue weighted by atomic mass is 10.2. The third kappa shape index (κ3) is 3.40. The van der Waals surface area contributed by atoms with Crippen LogP contribution >= 0.6 is 0 Å². The van der Waals surface area contributed by atoms with Crippen LogP contribution in [0.4, 0.5) is 5.69 Å². The number of rotatable bonds is 5. The second kappa shape index (κ2) is 6.37. The normalized spacial score (nSPS) is 13.8. The van der Waals surface area contributed by atoms with E-state index >= 15 is 0 Å². The summed E-state index contributed by atoms with van der Waals surface area (Å²) in [6.07, 6.45) is 0.659. The summed E-state index contributed by atoms with van der Waals surface area (Å²) in [5.74, 6) is 0.689. The fraction of sp³-hybridized carbons (Fsp3) is 0.250. The topological polar surface area (TPSA) is 67.4 Å².